The Kier molecular flexibility index (Phi) is 6.67. The number of aliphatic carboxylic acids is 1. The van der Waals surface area contributed by atoms with E-state index in [1.807, 2.05) is 30.3 Å². The van der Waals surface area contributed by atoms with E-state index in [9.17, 15) is 19.5 Å². The molecule has 7 heteroatoms. The first-order valence-corrected chi connectivity index (χ1v) is 10.1. The van der Waals surface area contributed by atoms with E-state index >= 15 is 0 Å². The maximum absolute atomic E-state index is 13.2. The lowest BCUT2D eigenvalue weighted by Gasteiger charge is -2.45. The molecule has 1 aromatic rings. The zero-order valence-electron chi connectivity index (χ0n) is 16.1. The molecule has 3 rings (SSSR count). The molecule has 152 valence electrons. The van der Waals surface area contributed by atoms with E-state index < -0.39 is 24.1 Å². The van der Waals surface area contributed by atoms with E-state index in [-0.39, 0.29) is 11.8 Å². The third kappa shape index (κ3) is 4.19. The number of piperazine rings is 1. The normalized spacial score (nSPS) is 23.0. The highest BCUT2D eigenvalue weighted by molar-refractivity contribution is 5.99. The van der Waals surface area contributed by atoms with Crippen molar-refractivity contribution < 1.29 is 19.5 Å². The molecule has 0 radical (unpaired) electrons. The third-order valence-corrected chi connectivity index (χ3v) is 5.80. The standard InChI is InChI=1S/C21H29N3O4/c22-13-5-4-9-17-19(25)23-14-6-10-16(23)20(26)24(17)18(21(27)28)12-11-15-7-2-1-3-8-15/h1-3,7-8,16-18H,4-6,9-14,22H2,(H,27,28)/t16-,17+,18-/m1/s1. The van der Waals surface area contributed by atoms with Gasteiger partial charge in [-0.15, -0.1) is 0 Å². The van der Waals surface area contributed by atoms with Gasteiger partial charge in [0.1, 0.15) is 18.1 Å². The molecule has 2 heterocycles. The summed E-state index contributed by atoms with van der Waals surface area (Å²) in [5.41, 5.74) is 6.60. The SMILES string of the molecule is NCCCC[C@H]1C(=O)N2CCC[C@@H]2C(=O)N1[C@H](CCc1ccccc1)C(=O)O. The molecule has 2 fully saturated rings. The molecule has 0 bridgehead atoms. The summed E-state index contributed by atoms with van der Waals surface area (Å²) in [6.07, 6.45) is 4.13. The maximum Gasteiger partial charge on any atom is 0.326 e. The van der Waals surface area contributed by atoms with Crippen molar-refractivity contribution in [1.29, 1.82) is 0 Å². The van der Waals surface area contributed by atoms with Crippen molar-refractivity contribution in [2.24, 2.45) is 5.73 Å². The van der Waals surface area contributed by atoms with Gasteiger partial charge in [0.15, 0.2) is 0 Å². The van der Waals surface area contributed by atoms with Crippen LogP contribution in [0.3, 0.4) is 0 Å². The topological polar surface area (TPSA) is 104 Å². The van der Waals surface area contributed by atoms with Crippen LogP contribution >= 0.6 is 0 Å². The van der Waals surface area contributed by atoms with Crippen LogP contribution in [0.15, 0.2) is 30.3 Å². The van der Waals surface area contributed by atoms with Crippen molar-refractivity contribution >= 4 is 17.8 Å². The van der Waals surface area contributed by atoms with E-state index in [0.29, 0.717) is 45.2 Å². The highest BCUT2D eigenvalue weighted by Crippen LogP contribution is 2.31. The number of benzene rings is 1. The van der Waals surface area contributed by atoms with Crippen LogP contribution < -0.4 is 5.73 Å². The van der Waals surface area contributed by atoms with Crippen LogP contribution in [0.25, 0.3) is 0 Å². The second-order valence-electron chi connectivity index (χ2n) is 7.61. The molecule has 7 nitrogen and oxygen atoms in total. The van der Waals surface area contributed by atoms with Gasteiger partial charge in [-0.25, -0.2) is 4.79 Å². The maximum atomic E-state index is 13.2. The van der Waals surface area contributed by atoms with Gasteiger partial charge in [0.2, 0.25) is 11.8 Å². The average Bonchev–Trinajstić information content (AvgIpc) is 3.18. The molecule has 2 saturated heterocycles. The van der Waals surface area contributed by atoms with Gasteiger partial charge in [-0.05, 0) is 57.1 Å². The number of hydrogen-bond acceptors (Lipinski definition) is 4. The Balaban J connectivity index is 1.83. The number of carboxylic acids is 1. The summed E-state index contributed by atoms with van der Waals surface area (Å²) >= 11 is 0. The van der Waals surface area contributed by atoms with E-state index in [2.05, 4.69) is 0 Å². The number of hydrogen-bond donors (Lipinski definition) is 2. The first-order valence-electron chi connectivity index (χ1n) is 10.1. The number of carbonyl (C=O) groups is 3. The molecule has 2 aliphatic heterocycles. The summed E-state index contributed by atoms with van der Waals surface area (Å²) < 4.78 is 0. The fourth-order valence-corrected chi connectivity index (χ4v) is 4.37. The van der Waals surface area contributed by atoms with Crippen LogP contribution in [0, 0.1) is 0 Å². The van der Waals surface area contributed by atoms with Crippen LogP contribution in [0.5, 0.6) is 0 Å². The predicted molar refractivity (Wildman–Crippen MR) is 104 cm³/mol. The van der Waals surface area contributed by atoms with Crippen molar-refractivity contribution in [3.8, 4) is 0 Å². The van der Waals surface area contributed by atoms with Crippen molar-refractivity contribution in [2.75, 3.05) is 13.1 Å². The molecule has 2 amide bonds. The molecule has 28 heavy (non-hydrogen) atoms. The molecule has 3 atom stereocenters. The lowest BCUT2D eigenvalue weighted by molar-refractivity contribution is -0.168. The minimum Gasteiger partial charge on any atom is -0.480 e. The zero-order valence-corrected chi connectivity index (χ0v) is 16.1. The Labute approximate surface area is 165 Å². The minimum absolute atomic E-state index is 0.106. The van der Waals surface area contributed by atoms with E-state index in [4.69, 9.17) is 5.73 Å². The highest BCUT2D eigenvalue weighted by Gasteiger charge is 2.50. The van der Waals surface area contributed by atoms with Gasteiger partial charge < -0.3 is 20.6 Å². The lowest BCUT2D eigenvalue weighted by Crippen LogP contribution is -2.66. The second-order valence-corrected chi connectivity index (χ2v) is 7.61. The fraction of sp³-hybridized carbons (Fsp3) is 0.571. The van der Waals surface area contributed by atoms with Crippen molar-refractivity contribution in [3.63, 3.8) is 0 Å². The fourth-order valence-electron chi connectivity index (χ4n) is 4.37. The number of nitrogens with zero attached hydrogens (tertiary/aromatic N) is 2. The molecule has 0 aliphatic carbocycles. The minimum atomic E-state index is -1.05. The van der Waals surface area contributed by atoms with Gasteiger partial charge in [-0.2, -0.15) is 0 Å². The first-order chi connectivity index (χ1) is 13.5. The van der Waals surface area contributed by atoms with Gasteiger partial charge in [0.25, 0.3) is 0 Å². The smallest absolute Gasteiger partial charge is 0.326 e. The van der Waals surface area contributed by atoms with Gasteiger partial charge in [-0.1, -0.05) is 30.3 Å². The molecule has 2 aliphatic rings. The highest BCUT2D eigenvalue weighted by atomic mass is 16.4. The largest absolute Gasteiger partial charge is 0.480 e. The Morgan fingerprint density at radius 2 is 1.93 bits per heavy atom. The first kappa shape index (κ1) is 20.3. The van der Waals surface area contributed by atoms with Crippen molar-refractivity contribution in [3.05, 3.63) is 35.9 Å². The molecule has 0 unspecified atom stereocenters. The van der Waals surface area contributed by atoms with Crippen LogP contribution in [0.2, 0.25) is 0 Å². The van der Waals surface area contributed by atoms with E-state index in [0.717, 1.165) is 18.4 Å². The predicted octanol–water partition coefficient (Wildman–Crippen LogP) is 1.40. The number of nitrogens with two attached hydrogens (primary N) is 1. The summed E-state index contributed by atoms with van der Waals surface area (Å²) in [6, 6.07) is 7.41. The summed E-state index contributed by atoms with van der Waals surface area (Å²) in [7, 11) is 0. The number of unbranched alkanes of at least 4 members (excludes halogenated alkanes) is 1. The van der Waals surface area contributed by atoms with Gasteiger partial charge >= 0.3 is 5.97 Å². The molecule has 0 spiro atoms. The van der Waals surface area contributed by atoms with Gasteiger partial charge in [0.05, 0.1) is 0 Å². The van der Waals surface area contributed by atoms with Crippen LogP contribution in [0.4, 0.5) is 0 Å². The number of rotatable bonds is 9. The van der Waals surface area contributed by atoms with Crippen LogP contribution in [0.1, 0.15) is 44.1 Å². The summed E-state index contributed by atoms with van der Waals surface area (Å²) in [5.74, 6) is -1.37. The lowest BCUT2D eigenvalue weighted by atomic mass is 9.95. The number of carbonyl (C=O) groups excluding carboxylic acids is 2. The molecule has 3 N–H and O–H groups in total. The summed E-state index contributed by atoms with van der Waals surface area (Å²) in [5, 5.41) is 9.90. The van der Waals surface area contributed by atoms with Crippen molar-refractivity contribution in [2.45, 2.75) is 63.1 Å². The zero-order chi connectivity index (χ0) is 20.1. The third-order valence-electron chi connectivity index (χ3n) is 5.80. The summed E-state index contributed by atoms with van der Waals surface area (Å²) in [4.78, 5) is 41.4. The number of carboxylic acid groups (broad SMARTS) is 1. The number of amides is 2. The molecule has 1 aromatic carbocycles. The summed E-state index contributed by atoms with van der Waals surface area (Å²) in [6.45, 7) is 1.09. The molecule has 0 saturated carbocycles. The number of fused-ring (bicyclic) bond motifs is 1. The van der Waals surface area contributed by atoms with Crippen molar-refractivity contribution in [1.82, 2.24) is 9.80 Å². The average molecular weight is 387 g/mol. The van der Waals surface area contributed by atoms with Gasteiger partial charge in [0, 0.05) is 6.54 Å². The Morgan fingerprint density at radius 3 is 2.61 bits per heavy atom. The quantitative estimate of drug-likeness (QED) is 0.624. The van der Waals surface area contributed by atoms with E-state index in [1.54, 1.807) is 4.90 Å². The molecular formula is C21H29N3O4. The molecule has 0 aromatic heterocycles. The van der Waals surface area contributed by atoms with E-state index in [1.165, 1.54) is 4.90 Å². The second kappa shape index (κ2) is 9.19. The van der Waals surface area contributed by atoms with Crippen LogP contribution in [-0.4, -0.2) is 63.9 Å². The van der Waals surface area contributed by atoms with Crippen LogP contribution in [-0.2, 0) is 20.8 Å². The van der Waals surface area contributed by atoms with Gasteiger partial charge in [-0.3, -0.25) is 9.59 Å². The number of aryl methyl sites for hydroxylation is 1. The Bertz CT molecular complexity index is 709. The monoisotopic (exact) mass is 387 g/mol. The Morgan fingerprint density at radius 1 is 1.18 bits per heavy atom. The molecular weight excluding hydrogens is 358 g/mol. The Hall–Kier alpha value is -2.41.